The van der Waals surface area contributed by atoms with Gasteiger partial charge < -0.3 is 4.74 Å². The SMILES string of the molecule is CCOC(=O)C1=NN[C@H]2C(=O)N(c3cccc(C)c3C)C(=O)[C@@H]12. The van der Waals surface area contributed by atoms with Gasteiger partial charge in [0.1, 0.15) is 12.0 Å². The van der Waals surface area contributed by atoms with E-state index in [9.17, 15) is 14.4 Å². The summed E-state index contributed by atoms with van der Waals surface area (Å²) in [7, 11) is 0. The monoisotopic (exact) mass is 315 g/mol. The maximum Gasteiger partial charge on any atom is 0.355 e. The summed E-state index contributed by atoms with van der Waals surface area (Å²) in [4.78, 5) is 38.4. The van der Waals surface area contributed by atoms with E-state index in [4.69, 9.17) is 4.74 Å². The summed E-state index contributed by atoms with van der Waals surface area (Å²) in [6.07, 6.45) is 0. The zero-order valence-corrected chi connectivity index (χ0v) is 13.1. The van der Waals surface area contributed by atoms with Gasteiger partial charge in [-0.25, -0.2) is 9.69 Å². The van der Waals surface area contributed by atoms with Crippen molar-refractivity contribution >= 4 is 29.2 Å². The average Bonchev–Trinajstić information content (AvgIpc) is 3.05. The molecule has 7 nitrogen and oxygen atoms in total. The molecule has 0 aromatic heterocycles. The van der Waals surface area contributed by atoms with Crippen LogP contribution in [-0.4, -0.2) is 36.1 Å². The lowest BCUT2D eigenvalue weighted by Gasteiger charge is -2.19. The third-order valence-electron chi connectivity index (χ3n) is 4.23. The minimum atomic E-state index is -0.929. The van der Waals surface area contributed by atoms with Gasteiger partial charge in [0.2, 0.25) is 5.91 Å². The Bertz CT molecular complexity index is 741. The Labute approximate surface area is 133 Å². The number of ether oxygens (including phenoxy) is 1. The summed E-state index contributed by atoms with van der Waals surface area (Å²) >= 11 is 0. The van der Waals surface area contributed by atoms with Gasteiger partial charge in [-0.05, 0) is 38.0 Å². The number of esters is 1. The van der Waals surface area contributed by atoms with Crippen molar-refractivity contribution in [2.45, 2.75) is 26.8 Å². The number of hydrazone groups is 1. The van der Waals surface area contributed by atoms with Crippen molar-refractivity contribution in [3.05, 3.63) is 29.3 Å². The molecule has 0 spiro atoms. The van der Waals surface area contributed by atoms with Crippen molar-refractivity contribution in [3.8, 4) is 0 Å². The first-order valence-corrected chi connectivity index (χ1v) is 7.41. The van der Waals surface area contributed by atoms with Crippen molar-refractivity contribution in [3.63, 3.8) is 0 Å². The van der Waals surface area contributed by atoms with Crippen LogP contribution < -0.4 is 10.3 Å². The molecule has 3 rings (SSSR count). The summed E-state index contributed by atoms with van der Waals surface area (Å²) < 4.78 is 4.91. The van der Waals surface area contributed by atoms with Gasteiger partial charge in [0.05, 0.1) is 12.3 Å². The van der Waals surface area contributed by atoms with Crippen LogP contribution in [0.2, 0.25) is 0 Å². The van der Waals surface area contributed by atoms with Crippen LogP contribution in [0.15, 0.2) is 23.3 Å². The Balaban J connectivity index is 1.97. The molecule has 1 N–H and O–H groups in total. The summed E-state index contributed by atoms with van der Waals surface area (Å²) in [5.74, 6) is -2.46. The molecular weight excluding hydrogens is 298 g/mol. The number of aryl methyl sites for hydroxylation is 1. The number of hydrogen-bond donors (Lipinski definition) is 1. The molecule has 2 atom stereocenters. The maximum absolute atomic E-state index is 12.8. The van der Waals surface area contributed by atoms with Crippen molar-refractivity contribution in [1.82, 2.24) is 5.43 Å². The molecule has 2 aliphatic heterocycles. The zero-order chi connectivity index (χ0) is 16.7. The first kappa shape index (κ1) is 15.2. The molecule has 2 aliphatic rings. The van der Waals surface area contributed by atoms with E-state index in [-0.39, 0.29) is 12.3 Å². The quantitative estimate of drug-likeness (QED) is 0.655. The molecule has 1 saturated heterocycles. The van der Waals surface area contributed by atoms with Crippen LogP contribution >= 0.6 is 0 Å². The average molecular weight is 315 g/mol. The van der Waals surface area contributed by atoms with Crippen LogP contribution in [0.25, 0.3) is 0 Å². The molecule has 0 aliphatic carbocycles. The predicted molar refractivity (Wildman–Crippen MR) is 82.9 cm³/mol. The lowest BCUT2D eigenvalue weighted by atomic mass is 9.99. The number of rotatable bonds is 3. The maximum atomic E-state index is 12.8. The molecule has 2 heterocycles. The van der Waals surface area contributed by atoms with E-state index in [2.05, 4.69) is 10.5 Å². The molecule has 0 bridgehead atoms. The molecule has 1 aromatic rings. The van der Waals surface area contributed by atoms with Gasteiger partial charge in [-0.3, -0.25) is 15.0 Å². The fraction of sp³-hybridized carbons (Fsp3) is 0.375. The molecule has 1 fully saturated rings. The third kappa shape index (κ3) is 2.19. The number of fused-ring (bicyclic) bond motifs is 1. The van der Waals surface area contributed by atoms with Gasteiger partial charge >= 0.3 is 5.97 Å². The second-order valence-corrected chi connectivity index (χ2v) is 5.53. The van der Waals surface area contributed by atoms with E-state index in [1.807, 2.05) is 19.9 Å². The van der Waals surface area contributed by atoms with Gasteiger partial charge in [0, 0.05) is 0 Å². The fourth-order valence-electron chi connectivity index (χ4n) is 2.88. The smallest absolute Gasteiger partial charge is 0.355 e. The van der Waals surface area contributed by atoms with Gasteiger partial charge in [0.15, 0.2) is 5.71 Å². The Morgan fingerprint density at radius 1 is 1.30 bits per heavy atom. The summed E-state index contributed by atoms with van der Waals surface area (Å²) in [5.41, 5.74) is 4.93. The number of benzene rings is 1. The number of nitrogens with one attached hydrogen (secondary N) is 1. The molecule has 23 heavy (non-hydrogen) atoms. The highest BCUT2D eigenvalue weighted by Crippen LogP contribution is 2.33. The Hall–Kier alpha value is -2.70. The second-order valence-electron chi connectivity index (χ2n) is 5.53. The fourth-order valence-corrected chi connectivity index (χ4v) is 2.88. The van der Waals surface area contributed by atoms with Crippen LogP contribution in [0.4, 0.5) is 5.69 Å². The van der Waals surface area contributed by atoms with E-state index in [1.54, 1.807) is 19.1 Å². The minimum absolute atomic E-state index is 0.0389. The third-order valence-corrected chi connectivity index (χ3v) is 4.23. The topological polar surface area (TPSA) is 88.1 Å². The largest absolute Gasteiger partial charge is 0.461 e. The number of carbonyl (C=O) groups is 3. The Morgan fingerprint density at radius 3 is 2.74 bits per heavy atom. The number of amides is 2. The van der Waals surface area contributed by atoms with Gasteiger partial charge in [-0.1, -0.05) is 12.1 Å². The lowest BCUT2D eigenvalue weighted by Crippen LogP contribution is -2.36. The highest BCUT2D eigenvalue weighted by atomic mass is 16.5. The lowest BCUT2D eigenvalue weighted by molar-refractivity contribution is -0.136. The van der Waals surface area contributed by atoms with Crippen LogP contribution in [-0.2, 0) is 19.1 Å². The van der Waals surface area contributed by atoms with Crippen LogP contribution in [0, 0.1) is 19.8 Å². The number of hydrogen-bond acceptors (Lipinski definition) is 6. The van der Waals surface area contributed by atoms with Crippen molar-refractivity contribution in [2.24, 2.45) is 11.0 Å². The van der Waals surface area contributed by atoms with E-state index in [0.717, 1.165) is 16.0 Å². The zero-order valence-electron chi connectivity index (χ0n) is 13.1. The van der Waals surface area contributed by atoms with Crippen molar-refractivity contribution < 1.29 is 19.1 Å². The van der Waals surface area contributed by atoms with Crippen LogP contribution in [0.5, 0.6) is 0 Å². The Kier molecular flexibility index (Phi) is 3.63. The van der Waals surface area contributed by atoms with Crippen molar-refractivity contribution in [2.75, 3.05) is 11.5 Å². The first-order chi connectivity index (χ1) is 11.0. The molecule has 0 radical (unpaired) electrons. The summed E-state index contributed by atoms with van der Waals surface area (Å²) in [6, 6.07) is 4.58. The van der Waals surface area contributed by atoms with E-state index in [1.165, 1.54) is 0 Å². The molecule has 2 amide bonds. The minimum Gasteiger partial charge on any atom is -0.461 e. The number of anilines is 1. The molecule has 0 saturated carbocycles. The molecule has 7 heteroatoms. The normalized spacial score (nSPS) is 22.7. The highest BCUT2D eigenvalue weighted by molar-refractivity contribution is 6.46. The standard InChI is InChI=1S/C16H17N3O4/c1-4-23-16(22)13-11-12(17-18-13)15(21)19(14(11)20)10-7-5-6-8(2)9(10)3/h5-7,11-12,17H,4H2,1-3H3/t11-,12-/m1/s1. The highest BCUT2D eigenvalue weighted by Gasteiger charge is 2.56. The van der Waals surface area contributed by atoms with Gasteiger partial charge in [0.25, 0.3) is 5.91 Å². The molecule has 120 valence electrons. The number of carbonyl (C=O) groups excluding carboxylic acids is 3. The molecule has 1 aromatic carbocycles. The predicted octanol–water partition coefficient (Wildman–Crippen LogP) is 0.684. The van der Waals surface area contributed by atoms with E-state index in [0.29, 0.717) is 5.69 Å². The molecule has 0 unspecified atom stereocenters. The number of imide groups is 1. The Morgan fingerprint density at radius 2 is 2.04 bits per heavy atom. The molecular formula is C16H17N3O4. The second kappa shape index (κ2) is 5.49. The van der Waals surface area contributed by atoms with E-state index >= 15 is 0 Å². The summed E-state index contributed by atoms with van der Waals surface area (Å²) in [6.45, 7) is 5.61. The van der Waals surface area contributed by atoms with Crippen molar-refractivity contribution in [1.29, 1.82) is 0 Å². The van der Waals surface area contributed by atoms with Crippen LogP contribution in [0.3, 0.4) is 0 Å². The first-order valence-electron chi connectivity index (χ1n) is 7.41. The van der Waals surface area contributed by atoms with E-state index < -0.39 is 29.7 Å². The summed E-state index contributed by atoms with van der Waals surface area (Å²) in [5, 5.41) is 3.83. The van der Waals surface area contributed by atoms with Gasteiger partial charge in [-0.2, -0.15) is 5.10 Å². The van der Waals surface area contributed by atoms with Gasteiger partial charge in [-0.15, -0.1) is 0 Å². The van der Waals surface area contributed by atoms with Crippen LogP contribution in [0.1, 0.15) is 18.1 Å². The number of nitrogens with zero attached hydrogens (tertiary/aromatic N) is 2.